The van der Waals surface area contributed by atoms with Gasteiger partial charge in [-0.25, -0.2) is 0 Å². The Bertz CT molecular complexity index is 411. The average molecular weight is 248 g/mol. The highest BCUT2D eigenvalue weighted by Gasteiger charge is 2.16. The van der Waals surface area contributed by atoms with Gasteiger partial charge in [-0.05, 0) is 31.5 Å². The van der Waals surface area contributed by atoms with E-state index in [0.29, 0.717) is 6.61 Å². The van der Waals surface area contributed by atoms with Gasteiger partial charge in [0, 0.05) is 19.2 Å². The first-order valence-corrected chi connectivity index (χ1v) is 5.90. The van der Waals surface area contributed by atoms with Crippen molar-refractivity contribution in [3.05, 3.63) is 29.8 Å². The van der Waals surface area contributed by atoms with Crippen LogP contribution in [0.3, 0.4) is 0 Å². The summed E-state index contributed by atoms with van der Waals surface area (Å²) >= 11 is 0. The molecule has 1 rings (SSSR count). The molecule has 98 valence electrons. The lowest BCUT2D eigenvalue weighted by Gasteiger charge is -2.25. The quantitative estimate of drug-likeness (QED) is 0.803. The zero-order chi connectivity index (χ0) is 13.4. The first-order valence-electron chi connectivity index (χ1n) is 5.90. The molecule has 0 aliphatic rings. The van der Waals surface area contributed by atoms with E-state index in [1.165, 1.54) is 0 Å². The Kier molecular flexibility index (Phi) is 5.63. The molecule has 4 nitrogen and oxygen atoms in total. The van der Waals surface area contributed by atoms with Crippen molar-refractivity contribution >= 4 is 0 Å². The number of nitrogens with one attached hydrogen (secondary N) is 1. The van der Waals surface area contributed by atoms with Crippen molar-refractivity contribution in [3.63, 3.8) is 0 Å². The molecule has 0 atom stereocenters. The van der Waals surface area contributed by atoms with Crippen molar-refractivity contribution in [2.24, 2.45) is 0 Å². The number of nitrogens with zero attached hydrogens (tertiary/aromatic N) is 1. The molecule has 0 spiro atoms. The van der Waals surface area contributed by atoms with E-state index in [0.717, 1.165) is 17.9 Å². The number of benzene rings is 1. The van der Waals surface area contributed by atoms with Crippen LogP contribution in [0.4, 0.5) is 0 Å². The third kappa shape index (κ3) is 5.17. The topological polar surface area (TPSA) is 54.3 Å². The predicted molar refractivity (Wildman–Crippen MR) is 70.3 cm³/mol. The molecule has 1 N–H and O–H groups in total. The predicted octanol–water partition coefficient (Wildman–Crippen LogP) is 2.10. The van der Waals surface area contributed by atoms with Crippen LogP contribution in [0.15, 0.2) is 24.3 Å². The van der Waals surface area contributed by atoms with Gasteiger partial charge in [0.15, 0.2) is 6.61 Å². The summed E-state index contributed by atoms with van der Waals surface area (Å²) in [6.45, 7) is 5.64. The summed E-state index contributed by atoms with van der Waals surface area (Å²) in [6.07, 6.45) is 0. The molecule has 0 aliphatic heterocycles. The summed E-state index contributed by atoms with van der Waals surface area (Å²) in [5, 5.41) is 11.9. The van der Waals surface area contributed by atoms with Crippen molar-refractivity contribution < 1.29 is 9.47 Å². The van der Waals surface area contributed by atoms with Crippen molar-refractivity contribution in [2.75, 3.05) is 20.3 Å². The number of hydrogen-bond donors (Lipinski definition) is 1. The molecule has 0 saturated heterocycles. The highest BCUT2D eigenvalue weighted by Crippen LogP contribution is 2.14. The van der Waals surface area contributed by atoms with E-state index in [2.05, 4.69) is 19.2 Å². The second kappa shape index (κ2) is 7.00. The van der Waals surface area contributed by atoms with Crippen LogP contribution in [0.25, 0.3) is 0 Å². The maximum atomic E-state index is 8.46. The van der Waals surface area contributed by atoms with Gasteiger partial charge in [-0.15, -0.1) is 0 Å². The molecule has 0 aliphatic carbocycles. The molecule has 18 heavy (non-hydrogen) atoms. The minimum Gasteiger partial charge on any atom is -0.479 e. The summed E-state index contributed by atoms with van der Waals surface area (Å²) in [7, 11) is 1.69. The lowest BCUT2D eigenvalue weighted by atomic mass is 10.1. The highest BCUT2D eigenvalue weighted by atomic mass is 16.5. The summed E-state index contributed by atoms with van der Waals surface area (Å²) in [5.41, 5.74) is 1.05. The van der Waals surface area contributed by atoms with Crippen LogP contribution in [0.5, 0.6) is 5.75 Å². The number of rotatable bonds is 7. The molecular weight excluding hydrogens is 228 g/mol. The standard InChI is InChI=1S/C14H20N2O2/c1-14(2,11-17-3)16-10-12-5-4-6-13(9-12)18-8-7-15/h4-6,9,16H,8,10-11H2,1-3H3. The van der Waals surface area contributed by atoms with Crippen LogP contribution in [-0.2, 0) is 11.3 Å². The van der Waals surface area contributed by atoms with E-state index in [1.54, 1.807) is 7.11 Å². The van der Waals surface area contributed by atoms with E-state index in [4.69, 9.17) is 14.7 Å². The van der Waals surface area contributed by atoms with Gasteiger partial charge in [-0.2, -0.15) is 5.26 Å². The van der Waals surface area contributed by atoms with Crippen LogP contribution >= 0.6 is 0 Å². The third-order valence-electron chi connectivity index (χ3n) is 2.48. The number of methoxy groups -OCH3 is 1. The lowest BCUT2D eigenvalue weighted by Crippen LogP contribution is -2.42. The SMILES string of the molecule is COCC(C)(C)NCc1cccc(OCC#N)c1. The van der Waals surface area contributed by atoms with Gasteiger partial charge in [0.1, 0.15) is 11.8 Å². The molecule has 1 aromatic carbocycles. The van der Waals surface area contributed by atoms with Gasteiger partial charge in [-0.1, -0.05) is 12.1 Å². The van der Waals surface area contributed by atoms with Crippen molar-refractivity contribution in [2.45, 2.75) is 25.9 Å². The molecule has 0 aromatic heterocycles. The van der Waals surface area contributed by atoms with Gasteiger partial charge in [0.25, 0.3) is 0 Å². The van der Waals surface area contributed by atoms with E-state index in [9.17, 15) is 0 Å². The molecule has 0 radical (unpaired) electrons. The van der Waals surface area contributed by atoms with Gasteiger partial charge < -0.3 is 14.8 Å². The van der Waals surface area contributed by atoms with E-state index < -0.39 is 0 Å². The molecule has 0 bridgehead atoms. The fraction of sp³-hybridized carbons (Fsp3) is 0.500. The smallest absolute Gasteiger partial charge is 0.174 e. The molecule has 0 unspecified atom stereocenters. The molecular formula is C14H20N2O2. The molecule has 0 heterocycles. The molecule has 0 amide bonds. The zero-order valence-corrected chi connectivity index (χ0v) is 11.2. The summed E-state index contributed by atoms with van der Waals surface area (Å²) in [5.74, 6) is 0.723. The van der Waals surface area contributed by atoms with Gasteiger partial charge >= 0.3 is 0 Å². The van der Waals surface area contributed by atoms with Crippen LogP contribution in [0, 0.1) is 11.3 Å². The maximum absolute atomic E-state index is 8.46. The fourth-order valence-corrected chi connectivity index (χ4v) is 1.61. The normalized spacial score (nSPS) is 11.0. The highest BCUT2D eigenvalue weighted by molar-refractivity contribution is 5.28. The monoisotopic (exact) mass is 248 g/mol. The number of nitriles is 1. The largest absolute Gasteiger partial charge is 0.479 e. The van der Waals surface area contributed by atoms with Crippen molar-refractivity contribution in [1.82, 2.24) is 5.32 Å². The third-order valence-corrected chi connectivity index (χ3v) is 2.48. The Balaban J connectivity index is 2.54. The van der Waals surface area contributed by atoms with Crippen molar-refractivity contribution in [1.29, 1.82) is 5.26 Å². The molecule has 0 fully saturated rings. The van der Waals surface area contributed by atoms with E-state index in [1.807, 2.05) is 30.3 Å². The van der Waals surface area contributed by atoms with Crippen LogP contribution in [0.2, 0.25) is 0 Å². The Hall–Kier alpha value is -1.57. The second-order valence-electron chi connectivity index (χ2n) is 4.76. The molecule has 1 aromatic rings. The van der Waals surface area contributed by atoms with Crippen LogP contribution < -0.4 is 10.1 Å². The Labute approximate surface area is 109 Å². The van der Waals surface area contributed by atoms with Crippen molar-refractivity contribution in [3.8, 4) is 11.8 Å². The molecule has 0 saturated carbocycles. The van der Waals surface area contributed by atoms with E-state index >= 15 is 0 Å². The van der Waals surface area contributed by atoms with Gasteiger partial charge in [0.05, 0.1) is 6.61 Å². The minimum atomic E-state index is -0.0712. The van der Waals surface area contributed by atoms with Gasteiger partial charge in [-0.3, -0.25) is 0 Å². The molecule has 4 heteroatoms. The summed E-state index contributed by atoms with van der Waals surface area (Å²) < 4.78 is 10.4. The van der Waals surface area contributed by atoms with Crippen LogP contribution in [0.1, 0.15) is 19.4 Å². The van der Waals surface area contributed by atoms with E-state index in [-0.39, 0.29) is 12.1 Å². The average Bonchev–Trinajstić information content (AvgIpc) is 2.35. The minimum absolute atomic E-state index is 0.0712. The fourth-order valence-electron chi connectivity index (χ4n) is 1.61. The number of ether oxygens (including phenoxy) is 2. The lowest BCUT2D eigenvalue weighted by molar-refractivity contribution is 0.127. The summed E-state index contributed by atoms with van der Waals surface area (Å²) in [6, 6.07) is 9.69. The first-order chi connectivity index (χ1) is 8.57. The van der Waals surface area contributed by atoms with Crippen LogP contribution in [-0.4, -0.2) is 25.9 Å². The Morgan fingerprint density at radius 1 is 1.39 bits per heavy atom. The number of hydrogen-bond acceptors (Lipinski definition) is 4. The maximum Gasteiger partial charge on any atom is 0.174 e. The summed E-state index contributed by atoms with van der Waals surface area (Å²) in [4.78, 5) is 0. The zero-order valence-electron chi connectivity index (χ0n) is 11.2. The first kappa shape index (κ1) is 14.5. The Morgan fingerprint density at radius 2 is 2.17 bits per heavy atom. The van der Waals surface area contributed by atoms with Gasteiger partial charge in [0.2, 0.25) is 0 Å². The second-order valence-corrected chi connectivity index (χ2v) is 4.76. The Morgan fingerprint density at radius 3 is 2.83 bits per heavy atom.